The quantitative estimate of drug-likeness (QED) is 0.200. The summed E-state index contributed by atoms with van der Waals surface area (Å²) in [6.45, 7) is 1.04. The van der Waals surface area contributed by atoms with Crippen molar-refractivity contribution in [2.75, 3.05) is 26.4 Å². The van der Waals surface area contributed by atoms with Crippen molar-refractivity contribution < 1.29 is 38.5 Å². The van der Waals surface area contributed by atoms with Crippen molar-refractivity contribution in [3.05, 3.63) is 94.6 Å². The molecule has 3 aromatic carbocycles. The fourth-order valence-electron chi connectivity index (χ4n) is 9.08. The van der Waals surface area contributed by atoms with Crippen molar-refractivity contribution in [3.63, 3.8) is 0 Å². The molecule has 1 unspecified atom stereocenters. The zero-order valence-corrected chi connectivity index (χ0v) is 27.8. The zero-order chi connectivity index (χ0) is 34.4. The fourth-order valence-corrected chi connectivity index (χ4v) is 9.08. The second-order valence-electron chi connectivity index (χ2n) is 14.1. The first-order chi connectivity index (χ1) is 24.3. The predicted molar refractivity (Wildman–Crippen MR) is 183 cm³/mol. The molecule has 1 atom stereocenters. The Morgan fingerprint density at radius 2 is 1.38 bits per heavy atom. The summed E-state index contributed by atoms with van der Waals surface area (Å²) in [4.78, 5) is 51.1. The summed E-state index contributed by atoms with van der Waals surface area (Å²) in [5, 5.41) is 12.2. The van der Waals surface area contributed by atoms with Gasteiger partial charge in [-0.1, -0.05) is 35.9 Å². The molecule has 5 fully saturated rings. The molecule has 4 saturated carbocycles. The van der Waals surface area contributed by atoms with Crippen LogP contribution in [0, 0.1) is 23.7 Å². The molecule has 4 aliphatic carbocycles. The molecule has 10 heteroatoms. The van der Waals surface area contributed by atoms with E-state index in [0.717, 1.165) is 28.0 Å². The number of carbonyl (C=O) groups excluding carboxylic acids is 4. The van der Waals surface area contributed by atoms with Crippen molar-refractivity contribution in [2.45, 2.75) is 51.0 Å². The SMILES string of the molecule is O=C1CCC(N2C(=O)c3cccc(OCCOCCOc4ccc(C(=C5C6CC7CC(C6)CC5C7)c5ccc(O)cc5)cc4)c3C2=O)C(=O)N1. The number of fused-ring (bicyclic) bond motifs is 1. The smallest absolute Gasteiger partial charge is 0.266 e. The van der Waals surface area contributed by atoms with Crippen molar-refractivity contribution in [1.82, 2.24) is 10.2 Å². The molecule has 2 heterocycles. The van der Waals surface area contributed by atoms with Crippen LogP contribution in [-0.2, 0) is 14.3 Å². The summed E-state index contributed by atoms with van der Waals surface area (Å²) >= 11 is 0. The topological polar surface area (TPSA) is 131 Å². The van der Waals surface area contributed by atoms with Gasteiger partial charge < -0.3 is 19.3 Å². The van der Waals surface area contributed by atoms with Gasteiger partial charge in [0.1, 0.15) is 36.5 Å². The molecule has 4 amide bonds. The lowest BCUT2D eigenvalue weighted by Gasteiger charge is -2.52. The lowest BCUT2D eigenvalue weighted by atomic mass is 9.53. The number of rotatable bonds is 11. The van der Waals surface area contributed by atoms with Crippen molar-refractivity contribution in [1.29, 1.82) is 0 Å². The first kappa shape index (κ1) is 32.3. The molecule has 258 valence electrons. The van der Waals surface area contributed by atoms with Crippen LogP contribution in [0.4, 0.5) is 0 Å². The van der Waals surface area contributed by atoms with Gasteiger partial charge in [-0.15, -0.1) is 0 Å². The third kappa shape index (κ3) is 6.06. The van der Waals surface area contributed by atoms with Gasteiger partial charge in [0.05, 0.1) is 24.3 Å². The average Bonchev–Trinajstić information content (AvgIpc) is 3.36. The molecule has 10 nitrogen and oxygen atoms in total. The Bertz CT molecular complexity index is 1830. The van der Waals surface area contributed by atoms with Crippen LogP contribution in [0.3, 0.4) is 0 Å². The Morgan fingerprint density at radius 1 is 0.740 bits per heavy atom. The summed E-state index contributed by atoms with van der Waals surface area (Å²) in [5.74, 6) is 2.03. The van der Waals surface area contributed by atoms with Crippen molar-refractivity contribution >= 4 is 29.2 Å². The zero-order valence-electron chi connectivity index (χ0n) is 27.8. The number of phenols is 1. The molecule has 2 aliphatic heterocycles. The third-order valence-electron chi connectivity index (χ3n) is 11.0. The first-order valence-corrected chi connectivity index (χ1v) is 17.7. The number of allylic oxidation sites excluding steroid dienone is 1. The highest BCUT2D eigenvalue weighted by molar-refractivity contribution is 6.24. The van der Waals surface area contributed by atoms with E-state index in [1.165, 1.54) is 49.3 Å². The van der Waals surface area contributed by atoms with E-state index in [1.54, 1.807) is 29.8 Å². The Hall–Kier alpha value is -4.96. The molecule has 4 bridgehead atoms. The maximum absolute atomic E-state index is 13.2. The minimum atomic E-state index is -1.03. The van der Waals surface area contributed by atoms with Crippen LogP contribution in [0.1, 0.15) is 76.8 Å². The van der Waals surface area contributed by atoms with E-state index in [4.69, 9.17) is 14.2 Å². The minimum absolute atomic E-state index is 0.0566. The molecule has 9 rings (SSSR count). The fraction of sp³-hybridized carbons (Fsp3) is 0.400. The van der Waals surface area contributed by atoms with Crippen LogP contribution in [0.25, 0.3) is 5.57 Å². The maximum atomic E-state index is 13.2. The molecule has 0 spiro atoms. The Balaban J connectivity index is 0.851. The molecule has 3 aromatic rings. The van der Waals surface area contributed by atoms with Crippen LogP contribution in [0.15, 0.2) is 72.3 Å². The van der Waals surface area contributed by atoms with Gasteiger partial charge in [-0.2, -0.15) is 0 Å². The Labute approximate surface area is 290 Å². The van der Waals surface area contributed by atoms with E-state index in [-0.39, 0.29) is 48.7 Å². The monoisotopic (exact) mass is 676 g/mol. The number of aromatic hydroxyl groups is 1. The number of nitrogens with one attached hydrogen (secondary N) is 1. The Kier molecular flexibility index (Phi) is 8.64. The van der Waals surface area contributed by atoms with E-state index >= 15 is 0 Å². The highest BCUT2D eigenvalue weighted by Gasteiger charge is 2.47. The highest BCUT2D eigenvalue weighted by atomic mass is 16.5. The summed E-state index contributed by atoms with van der Waals surface area (Å²) in [6.07, 6.45) is 6.74. The number of carbonyl (C=O) groups is 4. The van der Waals surface area contributed by atoms with Crippen molar-refractivity contribution in [3.8, 4) is 17.2 Å². The normalized spacial score (nSPS) is 25.2. The molecule has 2 N–H and O–H groups in total. The van der Waals surface area contributed by atoms with Gasteiger partial charge in [0.15, 0.2) is 0 Å². The van der Waals surface area contributed by atoms with E-state index in [1.807, 2.05) is 24.3 Å². The van der Waals surface area contributed by atoms with Crippen LogP contribution >= 0.6 is 0 Å². The number of ether oxygens (including phenoxy) is 3. The van der Waals surface area contributed by atoms with Crippen LogP contribution in [-0.4, -0.2) is 66.1 Å². The largest absolute Gasteiger partial charge is 0.508 e. The van der Waals surface area contributed by atoms with Crippen LogP contribution < -0.4 is 14.8 Å². The summed E-state index contributed by atoms with van der Waals surface area (Å²) in [6, 6.07) is 19.6. The standard InChI is InChI=1S/C40H40N2O8/c43-29-8-4-25(5-9-29)35(36-27-19-23-18-24(21-27)22-28(36)20-23)26-6-10-30(11-7-26)49-16-14-48-15-17-50-33-3-1-2-31-37(33)40(47)42(39(31)46)32-12-13-34(44)41-38(32)45/h1-11,23-24,27-28,32,43H,12-22H2,(H,41,44,45). The highest BCUT2D eigenvalue weighted by Crippen LogP contribution is 2.58. The summed E-state index contributed by atoms with van der Waals surface area (Å²) in [5.41, 5.74) is 5.52. The maximum Gasteiger partial charge on any atom is 0.266 e. The number of amides is 4. The van der Waals surface area contributed by atoms with Crippen LogP contribution in [0.5, 0.6) is 17.2 Å². The van der Waals surface area contributed by atoms with E-state index < -0.39 is 29.7 Å². The minimum Gasteiger partial charge on any atom is -0.508 e. The first-order valence-electron chi connectivity index (χ1n) is 17.7. The van der Waals surface area contributed by atoms with Gasteiger partial charge in [-0.25, -0.2) is 0 Å². The number of benzene rings is 3. The average molecular weight is 677 g/mol. The Morgan fingerprint density at radius 3 is 2.04 bits per heavy atom. The summed E-state index contributed by atoms with van der Waals surface area (Å²) in [7, 11) is 0. The molecular formula is C40H40N2O8. The lowest BCUT2D eigenvalue weighted by molar-refractivity contribution is -0.136. The van der Waals surface area contributed by atoms with Gasteiger partial charge in [0.2, 0.25) is 11.8 Å². The number of piperidine rings is 1. The van der Waals surface area contributed by atoms with Gasteiger partial charge in [-0.05, 0) is 115 Å². The predicted octanol–water partition coefficient (Wildman–Crippen LogP) is 5.53. The number of hydrogen-bond acceptors (Lipinski definition) is 8. The second kappa shape index (κ2) is 13.4. The molecular weight excluding hydrogens is 636 g/mol. The molecule has 50 heavy (non-hydrogen) atoms. The molecule has 0 aromatic heterocycles. The third-order valence-corrected chi connectivity index (χ3v) is 11.0. The lowest BCUT2D eigenvalue weighted by Crippen LogP contribution is -2.54. The van der Waals surface area contributed by atoms with E-state index in [2.05, 4.69) is 17.4 Å². The second-order valence-corrected chi connectivity index (χ2v) is 14.1. The van der Waals surface area contributed by atoms with Crippen molar-refractivity contribution in [2.24, 2.45) is 23.7 Å². The molecule has 6 aliphatic rings. The van der Waals surface area contributed by atoms with Crippen LogP contribution in [0.2, 0.25) is 0 Å². The van der Waals surface area contributed by atoms with E-state index in [9.17, 15) is 24.3 Å². The number of phenolic OH excluding ortho intramolecular Hbond substituents is 1. The molecule has 0 radical (unpaired) electrons. The van der Waals surface area contributed by atoms with Gasteiger partial charge in [-0.3, -0.25) is 29.4 Å². The number of hydrogen-bond donors (Lipinski definition) is 2. The van der Waals surface area contributed by atoms with Gasteiger partial charge >= 0.3 is 0 Å². The summed E-state index contributed by atoms with van der Waals surface area (Å²) < 4.78 is 17.5. The molecule has 1 saturated heterocycles. The van der Waals surface area contributed by atoms with Gasteiger partial charge in [0, 0.05) is 6.42 Å². The van der Waals surface area contributed by atoms with E-state index in [0.29, 0.717) is 25.0 Å². The number of imide groups is 2. The van der Waals surface area contributed by atoms with Gasteiger partial charge in [0.25, 0.3) is 11.8 Å². The number of nitrogens with zero attached hydrogens (tertiary/aromatic N) is 1.